The molecule has 78 valence electrons. The average Bonchev–Trinajstić information content (AvgIpc) is 2.65. The van der Waals surface area contributed by atoms with Crippen LogP contribution in [0.3, 0.4) is 0 Å². The van der Waals surface area contributed by atoms with Crippen molar-refractivity contribution in [3.8, 4) is 11.5 Å². The van der Waals surface area contributed by atoms with Crippen LogP contribution in [0.4, 0.5) is 0 Å². The second-order valence-corrected chi connectivity index (χ2v) is 3.44. The summed E-state index contributed by atoms with van der Waals surface area (Å²) in [4.78, 5) is 10.1. The Hall–Kier alpha value is -1.48. The maximum absolute atomic E-state index is 10.1. The molecule has 1 aliphatic heterocycles. The van der Waals surface area contributed by atoms with E-state index in [1.807, 2.05) is 0 Å². The number of carbonyl (C=O) groups excluding carboxylic acids is 1. The fraction of sp³-hybridized carbons (Fsp3) is 0.182. The van der Waals surface area contributed by atoms with Crippen molar-refractivity contribution >= 4 is 24.0 Å². The maximum Gasteiger partial charge on any atom is 0.231 e. The van der Waals surface area contributed by atoms with Crippen LogP contribution in [-0.2, 0) is 4.79 Å². The lowest BCUT2D eigenvalue weighted by Crippen LogP contribution is -1.92. The molecule has 4 heteroatoms. The molecule has 15 heavy (non-hydrogen) atoms. The van der Waals surface area contributed by atoms with Gasteiger partial charge < -0.3 is 14.3 Å². The highest BCUT2D eigenvalue weighted by atomic mass is 35.5. The first-order valence-electron chi connectivity index (χ1n) is 4.50. The number of carbonyl (C=O) groups is 1. The van der Waals surface area contributed by atoms with Gasteiger partial charge in [-0.2, -0.15) is 0 Å². The Morgan fingerprint density at radius 3 is 2.80 bits per heavy atom. The quantitative estimate of drug-likeness (QED) is 0.741. The topological polar surface area (TPSA) is 35.5 Å². The predicted molar refractivity (Wildman–Crippen MR) is 57.3 cm³/mol. The normalized spacial score (nSPS) is 13.4. The molecule has 0 spiro atoms. The van der Waals surface area contributed by atoms with Crippen molar-refractivity contribution in [2.45, 2.75) is 6.42 Å². The average molecular weight is 225 g/mol. The zero-order valence-electron chi connectivity index (χ0n) is 7.90. The minimum absolute atomic E-state index is 0.229. The molecule has 0 bridgehead atoms. The molecular weight excluding hydrogens is 216 g/mol. The van der Waals surface area contributed by atoms with Gasteiger partial charge in [-0.25, -0.2) is 0 Å². The summed E-state index contributed by atoms with van der Waals surface area (Å²) in [7, 11) is 0. The van der Waals surface area contributed by atoms with Crippen LogP contribution in [0.15, 0.2) is 18.2 Å². The lowest BCUT2D eigenvalue weighted by Gasteiger charge is -2.00. The summed E-state index contributed by atoms with van der Waals surface area (Å²) in [6.45, 7) is 0.229. The molecule has 0 radical (unpaired) electrons. The summed E-state index contributed by atoms with van der Waals surface area (Å²) in [6, 6.07) is 3.51. The molecule has 0 N–H and O–H groups in total. The van der Waals surface area contributed by atoms with Crippen LogP contribution in [0.1, 0.15) is 12.0 Å². The van der Waals surface area contributed by atoms with E-state index in [0.29, 0.717) is 22.9 Å². The van der Waals surface area contributed by atoms with E-state index in [1.54, 1.807) is 24.3 Å². The standard InChI is InChI=1S/C11H9ClO3/c12-9-6-11-10(14-7-15-11)5-8(9)3-1-2-4-13/h1,3-6H,2,7H2. The Kier molecular flexibility index (Phi) is 2.92. The van der Waals surface area contributed by atoms with E-state index in [9.17, 15) is 4.79 Å². The Balaban J connectivity index is 2.28. The third-order valence-electron chi connectivity index (χ3n) is 2.02. The molecule has 0 aromatic heterocycles. The van der Waals surface area contributed by atoms with Crippen LogP contribution in [-0.4, -0.2) is 13.1 Å². The van der Waals surface area contributed by atoms with Crippen molar-refractivity contribution in [1.82, 2.24) is 0 Å². The van der Waals surface area contributed by atoms with Crippen molar-refractivity contribution < 1.29 is 14.3 Å². The lowest BCUT2D eigenvalue weighted by molar-refractivity contribution is -0.107. The third-order valence-corrected chi connectivity index (χ3v) is 2.35. The second-order valence-electron chi connectivity index (χ2n) is 3.03. The third kappa shape index (κ3) is 2.13. The molecule has 1 aromatic rings. The van der Waals surface area contributed by atoms with Gasteiger partial charge in [-0.1, -0.05) is 23.8 Å². The van der Waals surface area contributed by atoms with Gasteiger partial charge in [0.05, 0.1) is 5.02 Å². The number of halogens is 1. The summed E-state index contributed by atoms with van der Waals surface area (Å²) in [5.74, 6) is 1.35. The second kappa shape index (κ2) is 4.36. The van der Waals surface area contributed by atoms with Crippen LogP contribution < -0.4 is 9.47 Å². The molecule has 0 saturated heterocycles. The van der Waals surface area contributed by atoms with Crippen molar-refractivity contribution in [1.29, 1.82) is 0 Å². The van der Waals surface area contributed by atoms with Crippen LogP contribution in [0, 0.1) is 0 Å². The number of hydrogen-bond acceptors (Lipinski definition) is 3. The summed E-state index contributed by atoms with van der Waals surface area (Å²) in [5, 5.41) is 0.585. The summed E-state index contributed by atoms with van der Waals surface area (Å²) in [5.41, 5.74) is 0.822. The molecule has 0 aliphatic carbocycles. The SMILES string of the molecule is O=CCC=Cc1cc2c(cc1Cl)OCO2. The van der Waals surface area contributed by atoms with Crippen LogP contribution in [0.2, 0.25) is 5.02 Å². The number of ether oxygens (including phenoxy) is 2. The van der Waals surface area contributed by atoms with Gasteiger partial charge in [0.2, 0.25) is 6.79 Å². The fourth-order valence-electron chi connectivity index (χ4n) is 1.31. The van der Waals surface area contributed by atoms with E-state index >= 15 is 0 Å². The summed E-state index contributed by atoms with van der Waals surface area (Å²) >= 11 is 6.01. The zero-order chi connectivity index (χ0) is 10.7. The molecule has 1 heterocycles. The first kappa shape index (κ1) is 10.1. The van der Waals surface area contributed by atoms with E-state index in [0.717, 1.165) is 11.8 Å². The highest BCUT2D eigenvalue weighted by molar-refractivity contribution is 6.32. The Morgan fingerprint density at radius 1 is 1.33 bits per heavy atom. The monoisotopic (exact) mass is 224 g/mol. The lowest BCUT2D eigenvalue weighted by atomic mass is 10.2. The molecule has 1 aromatic carbocycles. The zero-order valence-corrected chi connectivity index (χ0v) is 8.66. The molecule has 0 fully saturated rings. The number of benzene rings is 1. The number of fused-ring (bicyclic) bond motifs is 1. The molecule has 1 aliphatic rings. The predicted octanol–water partition coefficient (Wildman–Crippen LogP) is 2.67. The molecular formula is C11H9ClO3. The van der Waals surface area contributed by atoms with E-state index < -0.39 is 0 Å². The maximum atomic E-state index is 10.1. The molecule has 0 unspecified atom stereocenters. The van der Waals surface area contributed by atoms with Crippen LogP contribution >= 0.6 is 11.6 Å². The van der Waals surface area contributed by atoms with Gasteiger partial charge in [0, 0.05) is 12.5 Å². The van der Waals surface area contributed by atoms with Gasteiger partial charge in [-0.05, 0) is 11.6 Å². The summed E-state index contributed by atoms with van der Waals surface area (Å²) < 4.78 is 10.4. The highest BCUT2D eigenvalue weighted by Crippen LogP contribution is 2.37. The molecule has 3 nitrogen and oxygen atoms in total. The van der Waals surface area contributed by atoms with Crippen molar-refractivity contribution in [2.75, 3.05) is 6.79 Å². The summed E-state index contributed by atoms with van der Waals surface area (Å²) in [6.07, 6.45) is 4.75. The van der Waals surface area contributed by atoms with E-state index in [1.165, 1.54) is 0 Å². The van der Waals surface area contributed by atoms with Crippen molar-refractivity contribution in [3.05, 3.63) is 28.8 Å². The van der Waals surface area contributed by atoms with Crippen LogP contribution in [0.25, 0.3) is 6.08 Å². The Morgan fingerprint density at radius 2 is 2.07 bits per heavy atom. The van der Waals surface area contributed by atoms with Gasteiger partial charge in [0.1, 0.15) is 6.29 Å². The molecule has 0 amide bonds. The van der Waals surface area contributed by atoms with Crippen LogP contribution in [0.5, 0.6) is 11.5 Å². The van der Waals surface area contributed by atoms with Crippen molar-refractivity contribution in [3.63, 3.8) is 0 Å². The number of hydrogen-bond donors (Lipinski definition) is 0. The Bertz CT molecular complexity index is 413. The number of aldehydes is 1. The number of rotatable bonds is 3. The first-order valence-corrected chi connectivity index (χ1v) is 4.88. The van der Waals surface area contributed by atoms with Gasteiger partial charge >= 0.3 is 0 Å². The van der Waals surface area contributed by atoms with E-state index in [-0.39, 0.29) is 6.79 Å². The first-order chi connectivity index (χ1) is 7.31. The van der Waals surface area contributed by atoms with Gasteiger partial charge in [0.15, 0.2) is 11.5 Å². The van der Waals surface area contributed by atoms with Gasteiger partial charge in [-0.15, -0.1) is 0 Å². The largest absolute Gasteiger partial charge is 0.454 e. The smallest absolute Gasteiger partial charge is 0.231 e. The fourth-order valence-corrected chi connectivity index (χ4v) is 1.53. The van der Waals surface area contributed by atoms with Gasteiger partial charge in [-0.3, -0.25) is 0 Å². The van der Waals surface area contributed by atoms with E-state index in [2.05, 4.69) is 0 Å². The minimum atomic E-state index is 0.229. The van der Waals surface area contributed by atoms with E-state index in [4.69, 9.17) is 21.1 Å². The minimum Gasteiger partial charge on any atom is -0.454 e. The Labute approximate surface area is 92.3 Å². The van der Waals surface area contributed by atoms with Gasteiger partial charge in [0.25, 0.3) is 0 Å². The van der Waals surface area contributed by atoms with Crippen molar-refractivity contribution in [2.24, 2.45) is 0 Å². The molecule has 0 saturated carbocycles. The molecule has 0 atom stereocenters. The molecule has 2 rings (SSSR count). The number of allylic oxidation sites excluding steroid dienone is 1. The highest BCUT2D eigenvalue weighted by Gasteiger charge is 2.15.